The molecule has 41 heavy (non-hydrogen) atoms. The first kappa shape index (κ1) is 34.2. The molecule has 0 radical (unpaired) electrons. The summed E-state index contributed by atoms with van der Waals surface area (Å²) >= 11 is 0. The second kappa shape index (κ2) is 14.4. The maximum Gasteiger partial charge on any atom is 0.306 e. The fraction of sp³-hybridized carbons (Fsp3) is 0.735. The lowest BCUT2D eigenvalue weighted by molar-refractivity contribution is -0.917. The second-order valence-electron chi connectivity index (χ2n) is 14.0. The molecule has 1 aromatic rings. The van der Waals surface area contributed by atoms with E-state index >= 15 is 0 Å². The van der Waals surface area contributed by atoms with Crippen LogP contribution in [-0.4, -0.2) is 67.7 Å². The highest BCUT2D eigenvalue weighted by Gasteiger charge is 2.46. The van der Waals surface area contributed by atoms with E-state index in [0.717, 1.165) is 85.5 Å². The fourth-order valence-electron chi connectivity index (χ4n) is 6.97. The van der Waals surface area contributed by atoms with Crippen molar-refractivity contribution in [2.45, 2.75) is 109 Å². The Morgan fingerprint density at radius 1 is 1.15 bits per heavy atom. The van der Waals surface area contributed by atoms with Crippen molar-refractivity contribution in [2.75, 3.05) is 46.5 Å². The number of esters is 1. The molecule has 4 rings (SSSR count). The number of likely N-dealkylation sites (N-methyl/N-ethyl adjacent to an activating group) is 1. The molecule has 1 aromatic carbocycles. The molecule has 1 aliphatic carbocycles. The van der Waals surface area contributed by atoms with Crippen LogP contribution in [0.25, 0.3) is 0 Å². The fourth-order valence-corrected chi connectivity index (χ4v) is 6.97. The molecular formula is C34H54INO5. The van der Waals surface area contributed by atoms with Crippen LogP contribution in [0.1, 0.15) is 109 Å². The summed E-state index contributed by atoms with van der Waals surface area (Å²) in [5, 5.41) is 11.4. The molecule has 0 aromatic heterocycles. The largest absolute Gasteiger partial charge is 1.00 e. The van der Waals surface area contributed by atoms with Gasteiger partial charge in [-0.2, -0.15) is 0 Å². The Kier molecular flexibility index (Phi) is 12.0. The first-order chi connectivity index (χ1) is 18.9. The molecule has 0 amide bonds. The number of morpholine rings is 1. The standard InChI is InChI=1S/C34H53NO5.HI/c1-7-8-9-10-15-33(2,3)26-22-29(36)32-27-21-25(13-14-28(27)34(4,5)40-30(32)23-26)24-39-31(37)12-11-16-35(6)17-19-38-20-18-35;/h13,22-23,27-28H,7-12,14-21,24H2,1-6H3;1H/t27-,28-;/m0./s1. The maximum absolute atomic E-state index is 12.6. The van der Waals surface area contributed by atoms with Crippen LogP contribution in [0.3, 0.4) is 0 Å². The summed E-state index contributed by atoms with van der Waals surface area (Å²) in [6.07, 6.45) is 11.2. The zero-order valence-electron chi connectivity index (χ0n) is 26.4. The number of phenols is 1. The summed E-state index contributed by atoms with van der Waals surface area (Å²) in [6, 6.07) is 4.16. The van der Waals surface area contributed by atoms with E-state index in [4.69, 9.17) is 14.2 Å². The second-order valence-corrected chi connectivity index (χ2v) is 14.0. The number of halogens is 1. The van der Waals surface area contributed by atoms with Crippen LogP contribution in [0.15, 0.2) is 23.8 Å². The van der Waals surface area contributed by atoms with Gasteiger partial charge in [0, 0.05) is 23.8 Å². The number of quaternary nitrogens is 1. The Morgan fingerprint density at radius 2 is 1.88 bits per heavy atom. The number of nitrogens with zero attached hydrogens (tertiary/aromatic N) is 1. The van der Waals surface area contributed by atoms with Gasteiger partial charge >= 0.3 is 5.97 Å². The average Bonchev–Trinajstić information content (AvgIpc) is 2.89. The van der Waals surface area contributed by atoms with Gasteiger partial charge in [0.15, 0.2) is 0 Å². The van der Waals surface area contributed by atoms with Crippen molar-refractivity contribution >= 4 is 5.97 Å². The number of fused-ring (bicyclic) bond motifs is 3. The minimum absolute atomic E-state index is 0. The van der Waals surface area contributed by atoms with Crippen molar-refractivity contribution in [3.8, 4) is 11.5 Å². The molecule has 1 saturated heterocycles. The summed E-state index contributed by atoms with van der Waals surface area (Å²) in [5.74, 6) is 1.45. The van der Waals surface area contributed by atoms with E-state index in [0.29, 0.717) is 18.8 Å². The van der Waals surface area contributed by atoms with Gasteiger partial charge in [0.1, 0.15) is 36.8 Å². The van der Waals surface area contributed by atoms with Crippen LogP contribution in [0.4, 0.5) is 0 Å². The average molecular weight is 684 g/mol. The van der Waals surface area contributed by atoms with Crippen LogP contribution in [0.5, 0.6) is 11.5 Å². The molecule has 0 saturated carbocycles. The van der Waals surface area contributed by atoms with Crippen LogP contribution in [-0.2, 0) is 19.7 Å². The molecule has 3 aliphatic rings. The number of ether oxygens (including phenoxy) is 3. The van der Waals surface area contributed by atoms with E-state index in [-0.39, 0.29) is 52.8 Å². The molecular weight excluding hydrogens is 629 g/mol. The Labute approximate surface area is 265 Å². The summed E-state index contributed by atoms with van der Waals surface area (Å²) in [4.78, 5) is 12.6. The number of hydrogen-bond acceptors (Lipinski definition) is 5. The van der Waals surface area contributed by atoms with E-state index in [1.165, 1.54) is 25.7 Å². The zero-order valence-corrected chi connectivity index (χ0v) is 28.6. The first-order valence-electron chi connectivity index (χ1n) is 15.8. The molecule has 1 N–H and O–H groups in total. The number of phenolic OH excluding ortho intramolecular Hbond substituents is 1. The topological polar surface area (TPSA) is 65.0 Å². The van der Waals surface area contributed by atoms with Gasteiger partial charge in [0.2, 0.25) is 0 Å². The monoisotopic (exact) mass is 683 g/mol. The van der Waals surface area contributed by atoms with Crippen LogP contribution < -0.4 is 28.7 Å². The van der Waals surface area contributed by atoms with Gasteiger partial charge in [-0.25, -0.2) is 0 Å². The van der Waals surface area contributed by atoms with Gasteiger partial charge in [-0.1, -0.05) is 52.5 Å². The molecule has 0 unspecified atom stereocenters. The summed E-state index contributed by atoms with van der Waals surface area (Å²) < 4.78 is 18.8. The highest BCUT2D eigenvalue weighted by molar-refractivity contribution is 5.69. The number of rotatable bonds is 12. The normalized spacial score (nSPS) is 22.8. The molecule has 232 valence electrons. The molecule has 2 atom stereocenters. The lowest BCUT2D eigenvalue weighted by atomic mass is 9.66. The Morgan fingerprint density at radius 3 is 2.59 bits per heavy atom. The predicted molar refractivity (Wildman–Crippen MR) is 160 cm³/mol. The van der Waals surface area contributed by atoms with Gasteiger partial charge < -0.3 is 47.8 Å². The van der Waals surface area contributed by atoms with Crippen LogP contribution in [0, 0.1) is 5.92 Å². The Hall–Kier alpha value is -1.32. The van der Waals surface area contributed by atoms with Gasteiger partial charge in [-0.3, -0.25) is 4.79 Å². The predicted octanol–water partition coefficient (Wildman–Crippen LogP) is 4.04. The van der Waals surface area contributed by atoms with Gasteiger partial charge in [0.05, 0.1) is 33.2 Å². The maximum atomic E-state index is 12.6. The van der Waals surface area contributed by atoms with Crippen molar-refractivity contribution in [3.63, 3.8) is 0 Å². The molecule has 2 heterocycles. The quantitative estimate of drug-likeness (QED) is 0.119. The number of benzene rings is 1. The number of hydrogen-bond donors (Lipinski definition) is 1. The van der Waals surface area contributed by atoms with E-state index in [1.54, 1.807) is 0 Å². The lowest BCUT2D eigenvalue weighted by Gasteiger charge is -2.47. The minimum Gasteiger partial charge on any atom is -1.00 e. The minimum atomic E-state index is -0.342. The molecule has 7 heteroatoms. The van der Waals surface area contributed by atoms with Gasteiger partial charge in [-0.05, 0) is 61.8 Å². The van der Waals surface area contributed by atoms with Crippen molar-refractivity contribution in [1.82, 2.24) is 0 Å². The van der Waals surface area contributed by atoms with E-state index in [9.17, 15) is 9.90 Å². The summed E-state index contributed by atoms with van der Waals surface area (Å²) in [5.41, 5.74) is 2.84. The van der Waals surface area contributed by atoms with Crippen molar-refractivity contribution < 1.29 is 52.6 Å². The highest BCUT2D eigenvalue weighted by atomic mass is 127. The van der Waals surface area contributed by atoms with Crippen molar-refractivity contribution in [3.05, 3.63) is 34.9 Å². The zero-order chi connectivity index (χ0) is 29.0. The first-order valence-corrected chi connectivity index (χ1v) is 15.8. The van der Waals surface area contributed by atoms with E-state index in [2.05, 4.69) is 53.8 Å². The van der Waals surface area contributed by atoms with Gasteiger partial charge in [0.25, 0.3) is 0 Å². The molecule has 0 bridgehead atoms. The third kappa shape index (κ3) is 8.62. The number of carbonyl (C=O) groups is 1. The molecule has 2 aliphatic heterocycles. The number of unbranched alkanes of at least 4 members (excludes halogenated alkanes) is 3. The third-order valence-electron chi connectivity index (χ3n) is 9.87. The van der Waals surface area contributed by atoms with E-state index < -0.39 is 0 Å². The summed E-state index contributed by atoms with van der Waals surface area (Å²) in [6.45, 7) is 16.1. The third-order valence-corrected chi connectivity index (χ3v) is 9.87. The van der Waals surface area contributed by atoms with Crippen molar-refractivity contribution in [1.29, 1.82) is 0 Å². The molecule has 1 fully saturated rings. The number of carbonyl (C=O) groups excluding carboxylic acids is 1. The van der Waals surface area contributed by atoms with Crippen LogP contribution in [0.2, 0.25) is 0 Å². The Balaban J connectivity index is 0.00000462. The molecule has 0 spiro atoms. The highest BCUT2D eigenvalue weighted by Crippen LogP contribution is 2.55. The van der Waals surface area contributed by atoms with Gasteiger partial charge in [-0.15, -0.1) is 0 Å². The SMILES string of the molecule is CCCCCCC(C)(C)c1cc(O)c2c(c1)OC(C)(C)[C@H]1CC=C(COC(=O)CCC[N+]3(C)CCOCC3)C[C@H]21.[I-]. The Bertz CT molecular complexity index is 1060. The smallest absolute Gasteiger partial charge is 0.306 e. The number of aromatic hydroxyl groups is 1. The molecule has 6 nitrogen and oxygen atoms in total. The summed E-state index contributed by atoms with van der Waals surface area (Å²) in [7, 11) is 2.25. The van der Waals surface area contributed by atoms with E-state index in [1.807, 2.05) is 6.07 Å². The lowest BCUT2D eigenvalue weighted by Crippen LogP contribution is -3.00. The van der Waals surface area contributed by atoms with Crippen LogP contribution >= 0.6 is 0 Å². The van der Waals surface area contributed by atoms with Crippen molar-refractivity contribution in [2.24, 2.45) is 5.92 Å². The number of allylic oxidation sites excluding steroid dienone is 1.